The van der Waals surface area contributed by atoms with Crippen molar-refractivity contribution < 1.29 is 4.74 Å². The van der Waals surface area contributed by atoms with Crippen molar-refractivity contribution in [1.29, 1.82) is 0 Å². The van der Waals surface area contributed by atoms with Gasteiger partial charge in [-0.25, -0.2) is 0 Å². The second-order valence-corrected chi connectivity index (χ2v) is 5.02. The molecule has 1 aliphatic rings. The fourth-order valence-corrected chi connectivity index (χ4v) is 1.89. The van der Waals surface area contributed by atoms with Crippen molar-refractivity contribution in [2.24, 2.45) is 0 Å². The molecule has 1 aliphatic heterocycles. The number of aromatic nitrogens is 3. The Balaban J connectivity index is 2.23. The van der Waals surface area contributed by atoms with Crippen LogP contribution in [-0.4, -0.2) is 47.3 Å². The average Bonchev–Trinajstić information content (AvgIpc) is 2.58. The number of rotatable bonds is 3. The predicted molar refractivity (Wildman–Crippen MR) is 70.6 cm³/mol. The third-order valence-corrected chi connectivity index (χ3v) is 3.32. The van der Waals surface area contributed by atoms with Crippen molar-refractivity contribution in [3.8, 4) is 0 Å². The summed E-state index contributed by atoms with van der Waals surface area (Å²) in [6, 6.07) is 0. The number of hydrogen-bond acceptors (Lipinski definition) is 7. The third-order valence-electron chi connectivity index (χ3n) is 3.32. The molecule has 1 fully saturated rings. The normalized spacial score (nSPS) is 27.2. The van der Waals surface area contributed by atoms with Gasteiger partial charge in [0, 0.05) is 20.7 Å². The maximum absolute atomic E-state index is 5.69. The molecule has 100 valence electrons. The summed E-state index contributed by atoms with van der Waals surface area (Å²) in [5, 5.41) is 3.31. The van der Waals surface area contributed by atoms with E-state index in [1.54, 1.807) is 4.90 Å². The highest BCUT2D eigenvalue weighted by atomic mass is 16.5. The van der Waals surface area contributed by atoms with Crippen LogP contribution in [0.1, 0.15) is 20.3 Å². The molecular weight excluding hydrogens is 232 g/mol. The van der Waals surface area contributed by atoms with Gasteiger partial charge in [0.2, 0.25) is 17.8 Å². The minimum Gasteiger partial charge on any atom is -0.376 e. The number of nitrogens with two attached hydrogens (primary N) is 1. The lowest BCUT2D eigenvalue weighted by atomic mass is 9.95. The van der Waals surface area contributed by atoms with E-state index in [-0.39, 0.29) is 17.6 Å². The summed E-state index contributed by atoms with van der Waals surface area (Å²) >= 11 is 0. The van der Waals surface area contributed by atoms with Crippen molar-refractivity contribution >= 4 is 17.8 Å². The summed E-state index contributed by atoms with van der Waals surface area (Å²) in [7, 11) is 3.73. The Morgan fingerprint density at radius 1 is 1.39 bits per heavy atom. The van der Waals surface area contributed by atoms with Gasteiger partial charge >= 0.3 is 0 Å². The van der Waals surface area contributed by atoms with Crippen molar-refractivity contribution in [2.75, 3.05) is 36.7 Å². The maximum Gasteiger partial charge on any atom is 0.231 e. The first kappa shape index (κ1) is 12.8. The first-order valence-electron chi connectivity index (χ1n) is 5.99. The number of ether oxygens (including phenoxy) is 1. The monoisotopic (exact) mass is 252 g/mol. The predicted octanol–water partition coefficient (Wildman–Crippen LogP) is 0.499. The molecule has 0 spiro atoms. The van der Waals surface area contributed by atoms with Crippen molar-refractivity contribution in [2.45, 2.75) is 31.9 Å². The molecule has 2 heterocycles. The van der Waals surface area contributed by atoms with Gasteiger partial charge < -0.3 is 20.7 Å². The van der Waals surface area contributed by atoms with E-state index in [0.717, 1.165) is 13.0 Å². The molecule has 0 aliphatic carbocycles. The lowest BCUT2D eigenvalue weighted by molar-refractivity contribution is 0.105. The quantitative estimate of drug-likeness (QED) is 0.809. The lowest BCUT2D eigenvalue weighted by Crippen LogP contribution is -2.42. The molecule has 0 saturated carbocycles. The third kappa shape index (κ3) is 2.45. The van der Waals surface area contributed by atoms with E-state index in [0.29, 0.717) is 11.9 Å². The minimum atomic E-state index is -0.169. The molecule has 0 aromatic carbocycles. The van der Waals surface area contributed by atoms with Crippen LogP contribution in [0, 0.1) is 0 Å². The van der Waals surface area contributed by atoms with E-state index in [4.69, 9.17) is 10.5 Å². The SMILES string of the molecule is CC1OCCC1(C)Nc1nc(N)nc(N(C)C)n1. The van der Waals surface area contributed by atoms with Crippen molar-refractivity contribution in [3.05, 3.63) is 0 Å². The van der Waals surface area contributed by atoms with Gasteiger partial charge in [-0.05, 0) is 20.3 Å². The number of nitrogens with zero attached hydrogens (tertiary/aromatic N) is 4. The van der Waals surface area contributed by atoms with Gasteiger partial charge in [-0.1, -0.05) is 0 Å². The Labute approximate surface area is 107 Å². The van der Waals surface area contributed by atoms with Gasteiger partial charge in [0.05, 0.1) is 11.6 Å². The molecule has 1 saturated heterocycles. The molecule has 7 nitrogen and oxygen atoms in total. The van der Waals surface area contributed by atoms with Gasteiger partial charge in [0.15, 0.2) is 0 Å². The van der Waals surface area contributed by atoms with E-state index >= 15 is 0 Å². The minimum absolute atomic E-state index is 0.110. The van der Waals surface area contributed by atoms with Gasteiger partial charge in [-0.15, -0.1) is 0 Å². The van der Waals surface area contributed by atoms with Crippen LogP contribution in [0.3, 0.4) is 0 Å². The second kappa shape index (κ2) is 4.56. The zero-order valence-electron chi connectivity index (χ0n) is 11.3. The molecule has 1 aromatic heterocycles. The summed E-state index contributed by atoms with van der Waals surface area (Å²) in [5.41, 5.74) is 5.52. The molecular formula is C11H20N6O. The molecule has 2 rings (SSSR count). The van der Waals surface area contributed by atoms with E-state index in [1.165, 1.54) is 0 Å². The second-order valence-electron chi connectivity index (χ2n) is 5.02. The summed E-state index contributed by atoms with van der Waals surface area (Å²) in [6.45, 7) is 4.88. The zero-order chi connectivity index (χ0) is 13.3. The van der Waals surface area contributed by atoms with Gasteiger partial charge in [0.25, 0.3) is 0 Å². The molecule has 2 atom stereocenters. The standard InChI is InChI=1S/C11H20N6O/c1-7-11(2,5-6-18-7)16-9-13-8(12)14-10(15-9)17(3)4/h7H,5-6H2,1-4H3,(H3,12,13,14,15,16). The largest absolute Gasteiger partial charge is 0.376 e. The number of hydrogen-bond donors (Lipinski definition) is 2. The Morgan fingerprint density at radius 2 is 2.11 bits per heavy atom. The summed E-state index contributed by atoms with van der Waals surface area (Å²) in [6.07, 6.45) is 1.02. The van der Waals surface area contributed by atoms with Crippen LogP contribution in [0.25, 0.3) is 0 Å². The van der Waals surface area contributed by atoms with Gasteiger partial charge in [-0.3, -0.25) is 0 Å². The highest BCUT2D eigenvalue weighted by molar-refractivity contribution is 5.42. The molecule has 7 heteroatoms. The molecule has 0 amide bonds. The number of nitrogens with one attached hydrogen (secondary N) is 1. The van der Waals surface area contributed by atoms with Gasteiger partial charge in [0.1, 0.15) is 0 Å². The van der Waals surface area contributed by atoms with Crippen LogP contribution in [0.15, 0.2) is 0 Å². The summed E-state index contributed by atoms with van der Waals surface area (Å²) < 4.78 is 5.57. The maximum atomic E-state index is 5.69. The molecule has 0 radical (unpaired) electrons. The van der Waals surface area contributed by atoms with Crippen LogP contribution in [0.4, 0.5) is 17.8 Å². The van der Waals surface area contributed by atoms with Crippen molar-refractivity contribution in [1.82, 2.24) is 15.0 Å². The molecule has 3 N–H and O–H groups in total. The zero-order valence-corrected chi connectivity index (χ0v) is 11.3. The smallest absolute Gasteiger partial charge is 0.231 e. The summed E-state index contributed by atoms with van der Waals surface area (Å²) in [4.78, 5) is 14.3. The molecule has 18 heavy (non-hydrogen) atoms. The Kier molecular flexibility index (Phi) is 3.25. The molecule has 0 bridgehead atoms. The molecule has 2 unspecified atom stereocenters. The summed E-state index contributed by atoms with van der Waals surface area (Å²) in [5.74, 6) is 1.25. The van der Waals surface area contributed by atoms with Crippen LogP contribution in [0.2, 0.25) is 0 Å². The Hall–Kier alpha value is -1.63. The van der Waals surface area contributed by atoms with Crippen LogP contribution in [-0.2, 0) is 4.74 Å². The first-order chi connectivity index (χ1) is 8.40. The molecule has 1 aromatic rings. The van der Waals surface area contributed by atoms with Crippen LogP contribution < -0.4 is 16.0 Å². The number of anilines is 3. The van der Waals surface area contributed by atoms with E-state index in [1.807, 2.05) is 21.0 Å². The highest BCUT2D eigenvalue weighted by Crippen LogP contribution is 2.28. The fraction of sp³-hybridized carbons (Fsp3) is 0.727. The van der Waals surface area contributed by atoms with E-state index < -0.39 is 0 Å². The van der Waals surface area contributed by atoms with E-state index in [9.17, 15) is 0 Å². The highest BCUT2D eigenvalue weighted by Gasteiger charge is 2.37. The first-order valence-corrected chi connectivity index (χ1v) is 5.99. The van der Waals surface area contributed by atoms with Crippen LogP contribution >= 0.6 is 0 Å². The van der Waals surface area contributed by atoms with E-state index in [2.05, 4.69) is 27.2 Å². The topological polar surface area (TPSA) is 89.2 Å². The van der Waals surface area contributed by atoms with Gasteiger partial charge in [-0.2, -0.15) is 15.0 Å². The van der Waals surface area contributed by atoms with Crippen molar-refractivity contribution in [3.63, 3.8) is 0 Å². The number of nitrogen functional groups attached to an aromatic ring is 1. The Bertz CT molecular complexity index is 438. The lowest BCUT2D eigenvalue weighted by Gasteiger charge is -2.29. The Morgan fingerprint density at radius 3 is 2.67 bits per heavy atom. The van der Waals surface area contributed by atoms with Crippen LogP contribution in [0.5, 0.6) is 0 Å². The average molecular weight is 252 g/mol. The fourth-order valence-electron chi connectivity index (χ4n) is 1.89.